The number of nitrogens with one attached hydrogen (secondary N) is 2. The van der Waals surface area contributed by atoms with Crippen molar-refractivity contribution >= 4 is 46.3 Å². The van der Waals surface area contributed by atoms with Gasteiger partial charge in [0.15, 0.2) is 4.77 Å². The van der Waals surface area contributed by atoms with Crippen LogP contribution in [0.2, 0.25) is 5.02 Å². The first-order valence-corrected chi connectivity index (χ1v) is 9.74. The van der Waals surface area contributed by atoms with Gasteiger partial charge in [-0.05, 0) is 79.3 Å². The smallest absolute Gasteiger partial charge is 0.266 e. The molecule has 8 heteroatoms. The fourth-order valence-electron chi connectivity index (χ4n) is 3.06. The third-order valence-electron chi connectivity index (χ3n) is 4.67. The number of H-pyrrole nitrogens is 1. The van der Waals surface area contributed by atoms with Crippen LogP contribution >= 0.6 is 23.8 Å². The maximum atomic E-state index is 13.2. The average molecular weight is 440 g/mol. The molecule has 1 aromatic heterocycles. The number of hydrogen-bond acceptors (Lipinski definition) is 3. The van der Waals surface area contributed by atoms with Crippen LogP contribution in [-0.2, 0) is 0 Å². The molecule has 0 bridgehead atoms. The Hall–Kier alpha value is -3.29. The fraction of sp³-hybridized carbons (Fsp3) is 0.0455. The van der Waals surface area contributed by atoms with E-state index in [1.165, 1.54) is 28.8 Å². The molecule has 0 aliphatic heterocycles. The average Bonchev–Trinajstić information content (AvgIpc) is 2.71. The zero-order chi connectivity index (χ0) is 21.4. The van der Waals surface area contributed by atoms with Crippen LogP contribution in [0.1, 0.15) is 15.9 Å². The molecule has 0 radical (unpaired) electrons. The van der Waals surface area contributed by atoms with E-state index in [2.05, 4.69) is 10.3 Å². The minimum absolute atomic E-state index is 0.141. The molecular weight excluding hydrogens is 425 g/mol. The summed E-state index contributed by atoms with van der Waals surface area (Å²) < 4.78 is 14.6. The summed E-state index contributed by atoms with van der Waals surface area (Å²) in [4.78, 5) is 28.5. The summed E-state index contributed by atoms with van der Waals surface area (Å²) >= 11 is 11.4. The second-order valence-electron chi connectivity index (χ2n) is 6.73. The SMILES string of the molecule is Cc1ccc(NC(=O)c2ccc3c(=O)n(-c4ccc(F)cc4)c(=S)[nH]c3c2)cc1Cl. The number of fused-ring (bicyclic) bond motifs is 1. The van der Waals surface area contributed by atoms with Crippen molar-refractivity contribution in [3.63, 3.8) is 0 Å². The van der Waals surface area contributed by atoms with Crippen molar-refractivity contribution in [1.29, 1.82) is 0 Å². The van der Waals surface area contributed by atoms with Gasteiger partial charge >= 0.3 is 0 Å². The molecule has 0 saturated heterocycles. The largest absolute Gasteiger partial charge is 0.331 e. The molecule has 0 spiro atoms. The van der Waals surface area contributed by atoms with Crippen LogP contribution in [-0.4, -0.2) is 15.5 Å². The number of amides is 1. The van der Waals surface area contributed by atoms with Crippen LogP contribution in [0.15, 0.2) is 65.5 Å². The number of rotatable bonds is 3. The Kier molecular flexibility index (Phi) is 5.24. The molecule has 1 heterocycles. The van der Waals surface area contributed by atoms with Gasteiger partial charge < -0.3 is 10.3 Å². The molecule has 3 aromatic carbocycles. The van der Waals surface area contributed by atoms with Crippen molar-refractivity contribution < 1.29 is 9.18 Å². The quantitative estimate of drug-likeness (QED) is 0.420. The van der Waals surface area contributed by atoms with E-state index in [1.54, 1.807) is 30.3 Å². The normalized spacial score (nSPS) is 10.9. The summed E-state index contributed by atoms with van der Waals surface area (Å²) in [5, 5.41) is 3.68. The summed E-state index contributed by atoms with van der Waals surface area (Å²) in [6, 6.07) is 15.4. The summed E-state index contributed by atoms with van der Waals surface area (Å²) in [7, 11) is 0. The monoisotopic (exact) mass is 439 g/mol. The number of halogens is 2. The van der Waals surface area contributed by atoms with Gasteiger partial charge in [0, 0.05) is 16.3 Å². The molecule has 0 atom stereocenters. The van der Waals surface area contributed by atoms with Crippen LogP contribution in [0.5, 0.6) is 0 Å². The molecule has 0 unspecified atom stereocenters. The Labute approximate surface area is 180 Å². The van der Waals surface area contributed by atoms with Crippen molar-refractivity contribution in [3.05, 3.63) is 97.8 Å². The van der Waals surface area contributed by atoms with Gasteiger partial charge in [-0.3, -0.25) is 14.2 Å². The summed E-state index contributed by atoms with van der Waals surface area (Å²) in [5.74, 6) is -0.758. The number of carbonyl (C=O) groups is 1. The van der Waals surface area contributed by atoms with E-state index in [9.17, 15) is 14.0 Å². The predicted molar refractivity (Wildman–Crippen MR) is 119 cm³/mol. The minimum atomic E-state index is -0.409. The first kappa shape index (κ1) is 20.0. The van der Waals surface area contributed by atoms with E-state index in [0.29, 0.717) is 32.9 Å². The van der Waals surface area contributed by atoms with Crippen LogP contribution in [0.25, 0.3) is 16.6 Å². The Morgan fingerprint density at radius 2 is 1.83 bits per heavy atom. The summed E-state index contributed by atoms with van der Waals surface area (Å²) in [6.07, 6.45) is 0. The van der Waals surface area contributed by atoms with E-state index in [0.717, 1.165) is 5.56 Å². The van der Waals surface area contributed by atoms with Crippen molar-refractivity contribution in [3.8, 4) is 5.69 Å². The number of aromatic amines is 1. The lowest BCUT2D eigenvalue weighted by Gasteiger charge is -2.10. The molecule has 1 amide bonds. The second-order valence-corrected chi connectivity index (χ2v) is 7.52. The number of benzene rings is 3. The maximum absolute atomic E-state index is 13.2. The Morgan fingerprint density at radius 3 is 2.53 bits per heavy atom. The lowest BCUT2D eigenvalue weighted by Crippen LogP contribution is -2.21. The highest BCUT2D eigenvalue weighted by Gasteiger charge is 2.12. The third-order valence-corrected chi connectivity index (χ3v) is 5.37. The molecule has 0 fully saturated rings. The lowest BCUT2D eigenvalue weighted by molar-refractivity contribution is 0.102. The summed E-state index contributed by atoms with van der Waals surface area (Å²) in [6.45, 7) is 1.87. The number of anilines is 1. The summed E-state index contributed by atoms with van der Waals surface area (Å²) in [5.41, 5.74) is 2.34. The molecule has 5 nitrogen and oxygen atoms in total. The van der Waals surface area contributed by atoms with E-state index >= 15 is 0 Å². The third kappa shape index (κ3) is 3.77. The minimum Gasteiger partial charge on any atom is -0.331 e. The van der Waals surface area contributed by atoms with Gasteiger partial charge in [-0.2, -0.15) is 0 Å². The zero-order valence-corrected chi connectivity index (χ0v) is 17.3. The van der Waals surface area contributed by atoms with Gasteiger partial charge in [0.1, 0.15) is 5.82 Å². The standard InChI is InChI=1S/C22H15ClFN3O2S/c1-12-2-6-15(11-18(12)23)25-20(28)13-3-9-17-19(10-13)26-22(30)27(21(17)29)16-7-4-14(24)5-8-16/h2-11H,1H3,(H,25,28)(H,26,30). The van der Waals surface area contributed by atoms with Gasteiger partial charge in [-0.25, -0.2) is 4.39 Å². The topological polar surface area (TPSA) is 66.9 Å². The maximum Gasteiger partial charge on any atom is 0.266 e. The molecule has 0 saturated carbocycles. The zero-order valence-electron chi connectivity index (χ0n) is 15.7. The first-order valence-electron chi connectivity index (χ1n) is 8.96. The number of aryl methyl sites for hydroxylation is 1. The van der Waals surface area contributed by atoms with Crippen molar-refractivity contribution in [2.24, 2.45) is 0 Å². The Balaban J connectivity index is 1.72. The van der Waals surface area contributed by atoms with E-state index in [4.69, 9.17) is 23.8 Å². The van der Waals surface area contributed by atoms with Crippen LogP contribution < -0.4 is 10.9 Å². The number of hydrogen-bond donors (Lipinski definition) is 2. The lowest BCUT2D eigenvalue weighted by atomic mass is 10.1. The molecular formula is C22H15ClFN3O2S. The first-order chi connectivity index (χ1) is 14.3. The molecule has 150 valence electrons. The molecule has 4 aromatic rings. The molecule has 0 aliphatic rings. The molecule has 0 aliphatic carbocycles. The fourth-order valence-corrected chi connectivity index (χ4v) is 3.54. The molecule has 2 N–H and O–H groups in total. The van der Waals surface area contributed by atoms with Gasteiger partial charge in [0.25, 0.3) is 11.5 Å². The highest BCUT2D eigenvalue weighted by molar-refractivity contribution is 7.71. The number of nitrogens with zero attached hydrogens (tertiary/aromatic N) is 1. The van der Waals surface area contributed by atoms with E-state index < -0.39 is 5.82 Å². The molecule has 30 heavy (non-hydrogen) atoms. The second kappa shape index (κ2) is 7.85. The molecule has 4 rings (SSSR count). The van der Waals surface area contributed by atoms with Crippen molar-refractivity contribution in [1.82, 2.24) is 9.55 Å². The van der Waals surface area contributed by atoms with Gasteiger partial charge in [-0.1, -0.05) is 17.7 Å². The van der Waals surface area contributed by atoms with Crippen LogP contribution in [0.4, 0.5) is 10.1 Å². The Morgan fingerprint density at radius 1 is 1.10 bits per heavy atom. The van der Waals surface area contributed by atoms with Gasteiger partial charge in [-0.15, -0.1) is 0 Å². The van der Waals surface area contributed by atoms with Crippen molar-refractivity contribution in [2.75, 3.05) is 5.32 Å². The highest BCUT2D eigenvalue weighted by Crippen LogP contribution is 2.21. The van der Waals surface area contributed by atoms with Crippen LogP contribution in [0.3, 0.4) is 0 Å². The van der Waals surface area contributed by atoms with Gasteiger partial charge in [0.05, 0.1) is 16.6 Å². The van der Waals surface area contributed by atoms with Crippen LogP contribution in [0, 0.1) is 17.5 Å². The predicted octanol–water partition coefficient (Wildman–Crippen LogP) is 5.40. The number of carbonyl (C=O) groups excluding carboxylic acids is 1. The van der Waals surface area contributed by atoms with Gasteiger partial charge in [0.2, 0.25) is 0 Å². The Bertz CT molecular complexity index is 1410. The van der Waals surface area contributed by atoms with E-state index in [1.807, 2.05) is 13.0 Å². The number of aromatic nitrogens is 2. The highest BCUT2D eigenvalue weighted by atomic mass is 35.5. The van der Waals surface area contributed by atoms with Crippen molar-refractivity contribution in [2.45, 2.75) is 6.92 Å². The van der Waals surface area contributed by atoms with E-state index in [-0.39, 0.29) is 16.2 Å².